The van der Waals surface area contributed by atoms with E-state index in [0.29, 0.717) is 5.82 Å². The number of hydrogen-bond donors (Lipinski definition) is 2. The number of hydrogen-bond acceptors (Lipinski definition) is 5. The first-order valence-corrected chi connectivity index (χ1v) is 5.76. The second kappa shape index (κ2) is 5.57. The van der Waals surface area contributed by atoms with Gasteiger partial charge in [-0.25, -0.2) is 4.79 Å². The van der Waals surface area contributed by atoms with Crippen LogP contribution in [-0.4, -0.2) is 28.5 Å². The van der Waals surface area contributed by atoms with E-state index in [-0.39, 0.29) is 0 Å². The first-order valence-electron chi connectivity index (χ1n) is 5.76. The van der Waals surface area contributed by atoms with Crippen molar-refractivity contribution in [2.24, 2.45) is 0 Å². The third kappa shape index (κ3) is 3.80. The number of carbonyl (C=O) groups is 1. The molecule has 0 saturated carbocycles. The number of nitrogens with one attached hydrogen (secondary N) is 2. The van der Waals surface area contributed by atoms with Crippen molar-refractivity contribution in [3.05, 3.63) is 24.2 Å². The zero-order valence-corrected chi connectivity index (χ0v) is 11.4. The molecule has 0 saturated heterocycles. The molecule has 0 aliphatic carbocycles. The summed E-state index contributed by atoms with van der Waals surface area (Å²) in [5, 5.41) is 9.95. The summed E-state index contributed by atoms with van der Waals surface area (Å²) in [4.78, 5) is 11.9. The summed E-state index contributed by atoms with van der Waals surface area (Å²) in [7, 11) is 1.79. The van der Waals surface area contributed by atoms with Gasteiger partial charge in [-0.05, 0) is 33.8 Å². The summed E-state index contributed by atoms with van der Waals surface area (Å²) in [6.45, 7) is 7.32. The fourth-order valence-electron chi connectivity index (χ4n) is 1.27. The largest absolute Gasteiger partial charge is 0.442 e. The fourth-order valence-corrected chi connectivity index (χ4v) is 1.27. The Morgan fingerprint density at radius 1 is 1.50 bits per heavy atom. The lowest BCUT2D eigenvalue weighted by atomic mass is 10.2. The Balaban J connectivity index is 2.86. The lowest BCUT2D eigenvalue weighted by Crippen LogP contribution is -2.29. The number of anilines is 1. The number of nitrogens with zero attached hydrogens (tertiary/aromatic N) is 2. The summed E-state index contributed by atoms with van der Waals surface area (Å²) in [6, 6.07) is 1.70. The highest BCUT2D eigenvalue weighted by Crippen LogP contribution is 2.13. The molecule has 1 rings (SSSR count). The summed E-state index contributed by atoms with van der Waals surface area (Å²) in [6.07, 6.45) is 2.88. The van der Waals surface area contributed by atoms with Crippen LogP contribution in [0.3, 0.4) is 0 Å². The monoisotopic (exact) mass is 252 g/mol. The van der Waals surface area contributed by atoms with Crippen molar-refractivity contribution in [2.45, 2.75) is 33.3 Å². The van der Waals surface area contributed by atoms with Gasteiger partial charge in [-0.3, -0.25) is 0 Å². The van der Waals surface area contributed by atoms with E-state index in [1.54, 1.807) is 13.1 Å². The summed E-state index contributed by atoms with van der Waals surface area (Å²) >= 11 is 0. The van der Waals surface area contributed by atoms with E-state index < -0.39 is 11.7 Å². The maximum Gasteiger partial charge on any atom is 0.437 e. The molecule has 0 radical (unpaired) electrons. The molecule has 1 heterocycles. The van der Waals surface area contributed by atoms with Gasteiger partial charge in [-0.2, -0.15) is 5.10 Å². The average Bonchev–Trinajstić information content (AvgIpc) is 2.71. The van der Waals surface area contributed by atoms with Gasteiger partial charge in [0.1, 0.15) is 11.4 Å². The number of aromatic nitrogens is 2. The Hall–Kier alpha value is -1.98. The molecular weight excluding hydrogens is 232 g/mol. The van der Waals surface area contributed by atoms with Gasteiger partial charge in [0.15, 0.2) is 0 Å². The minimum atomic E-state index is -0.549. The number of allylic oxidation sites excluding steroid dienone is 1. The van der Waals surface area contributed by atoms with Crippen LogP contribution in [0.2, 0.25) is 0 Å². The van der Waals surface area contributed by atoms with E-state index in [1.165, 1.54) is 10.9 Å². The smallest absolute Gasteiger partial charge is 0.437 e. The lowest BCUT2D eigenvalue weighted by molar-refractivity contribution is 0.0518. The predicted molar refractivity (Wildman–Crippen MR) is 70.3 cm³/mol. The topological polar surface area (TPSA) is 68.2 Å². The third-order valence-electron chi connectivity index (χ3n) is 2.03. The van der Waals surface area contributed by atoms with Crippen molar-refractivity contribution >= 4 is 11.9 Å². The molecule has 18 heavy (non-hydrogen) atoms. The van der Waals surface area contributed by atoms with Crippen molar-refractivity contribution in [3.63, 3.8) is 0 Å². The van der Waals surface area contributed by atoms with E-state index in [0.717, 1.165) is 5.82 Å². The van der Waals surface area contributed by atoms with Gasteiger partial charge in [0.25, 0.3) is 0 Å². The van der Waals surface area contributed by atoms with Gasteiger partial charge >= 0.3 is 6.09 Å². The molecule has 0 unspecified atom stereocenters. The van der Waals surface area contributed by atoms with E-state index in [2.05, 4.69) is 15.7 Å². The standard InChI is InChI=1S/C12H20N4O2/c1-6-9(13-5)15-10-7-8-14-16(10)11(17)18-12(2,3)4/h6-8,13,15H,1-5H3/b9-6+. The van der Waals surface area contributed by atoms with E-state index in [9.17, 15) is 4.79 Å². The van der Waals surface area contributed by atoms with Gasteiger partial charge in [-0.1, -0.05) is 0 Å². The molecule has 0 amide bonds. The molecule has 0 fully saturated rings. The van der Waals surface area contributed by atoms with E-state index >= 15 is 0 Å². The Morgan fingerprint density at radius 2 is 2.17 bits per heavy atom. The summed E-state index contributed by atoms with van der Waals surface area (Å²) in [5.74, 6) is 1.33. The van der Waals surface area contributed by atoms with Crippen LogP contribution in [0.5, 0.6) is 0 Å². The van der Waals surface area contributed by atoms with Gasteiger partial charge in [0.05, 0.1) is 12.0 Å². The normalized spacial score (nSPS) is 12.2. The molecule has 0 aromatic carbocycles. The van der Waals surface area contributed by atoms with Crippen molar-refractivity contribution in [2.75, 3.05) is 12.4 Å². The average molecular weight is 252 g/mol. The maximum atomic E-state index is 11.9. The molecular formula is C12H20N4O2. The van der Waals surface area contributed by atoms with Gasteiger partial charge < -0.3 is 15.4 Å². The zero-order valence-electron chi connectivity index (χ0n) is 11.4. The molecule has 2 N–H and O–H groups in total. The number of carbonyl (C=O) groups excluding carboxylic acids is 1. The second-order valence-electron chi connectivity index (χ2n) is 4.69. The number of ether oxygens (including phenoxy) is 1. The molecule has 0 aliphatic rings. The van der Waals surface area contributed by atoms with Crippen LogP contribution in [0, 0.1) is 0 Å². The molecule has 1 aromatic heterocycles. The van der Waals surface area contributed by atoms with Crippen LogP contribution in [0.25, 0.3) is 0 Å². The molecule has 0 spiro atoms. The molecule has 0 aliphatic heterocycles. The Bertz CT molecular complexity index is 443. The van der Waals surface area contributed by atoms with Crippen LogP contribution in [0.1, 0.15) is 27.7 Å². The van der Waals surface area contributed by atoms with E-state index in [1.807, 2.05) is 33.8 Å². The summed E-state index contributed by atoms with van der Waals surface area (Å²) in [5.41, 5.74) is -0.549. The predicted octanol–water partition coefficient (Wildman–Crippen LogP) is 2.16. The minimum Gasteiger partial charge on any atom is -0.442 e. The van der Waals surface area contributed by atoms with Crippen molar-refractivity contribution in [1.29, 1.82) is 0 Å². The molecule has 0 bridgehead atoms. The fraction of sp³-hybridized carbons (Fsp3) is 0.500. The van der Waals surface area contributed by atoms with Crippen LogP contribution >= 0.6 is 0 Å². The van der Waals surface area contributed by atoms with Crippen molar-refractivity contribution in [1.82, 2.24) is 15.1 Å². The zero-order chi connectivity index (χ0) is 13.8. The van der Waals surface area contributed by atoms with Crippen LogP contribution < -0.4 is 10.6 Å². The van der Waals surface area contributed by atoms with Gasteiger partial charge in [0.2, 0.25) is 0 Å². The highest BCUT2D eigenvalue weighted by molar-refractivity contribution is 5.74. The Kier molecular flexibility index (Phi) is 4.36. The molecule has 1 aromatic rings. The molecule has 0 atom stereocenters. The third-order valence-corrected chi connectivity index (χ3v) is 2.03. The highest BCUT2D eigenvalue weighted by Gasteiger charge is 2.20. The minimum absolute atomic E-state index is 0.512. The second-order valence-corrected chi connectivity index (χ2v) is 4.69. The van der Waals surface area contributed by atoms with Crippen molar-refractivity contribution < 1.29 is 9.53 Å². The first kappa shape index (κ1) is 14.1. The Morgan fingerprint density at radius 3 is 2.67 bits per heavy atom. The Labute approximate surface area is 107 Å². The molecule has 6 heteroatoms. The van der Waals surface area contributed by atoms with Crippen LogP contribution in [-0.2, 0) is 4.74 Å². The number of rotatable bonds is 3. The SMILES string of the molecule is C/C=C(\NC)Nc1ccnn1C(=O)OC(C)(C)C. The lowest BCUT2D eigenvalue weighted by Gasteiger charge is -2.20. The van der Waals surface area contributed by atoms with Gasteiger partial charge in [0, 0.05) is 13.1 Å². The van der Waals surface area contributed by atoms with Gasteiger partial charge in [-0.15, -0.1) is 4.68 Å². The summed E-state index contributed by atoms with van der Waals surface area (Å²) < 4.78 is 6.44. The first-order chi connectivity index (χ1) is 8.37. The maximum absolute atomic E-state index is 11.9. The van der Waals surface area contributed by atoms with E-state index in [4.69, 9.17) is 4.74 Å². The quantitative estimate of drug-likeness (QED) is 0.862. The highest BCUT2D eigenvalue weighted by atomic mass is 16.6. The molecule has 6 nitrogen and oxygen atoms in total. The van der Waals surface area contributed by atoms with Crippen molar-refractivity contribution in [3.8, 4) is 0 Å². The van der Waals surface area contributed by atoms with Crippen LogP contribution in [0.15, 0.2) is 24.2 Å². The van der Waals surface area contributed by atoms with Crippen LogP contribution in [0.4, 0.5) is 10.6 Å². The molecule has 100 valence electrons.